The van der Waals surface area contributed by atoms with Gasteiger partial charge in [-0.15, -0.1) is 0 Å². The molecule has 1 N–H and O–H groups in total. The molecule has 0 saturated carbocycles. The second kappa shape index (κ2) is 3.80. The number of aromatic nitrogens is 2. The highest BCUT2D eigenvalue weighted by atomic mass is 32.2. The fourth-order valence-corrected chi connectivity index (χ4v) is 3.69. The van der Waals surface area contributed by atoms with Gasteiger partial charge in [0.2, 0.25) is 0 Å². The molecular formula is C11H16N2O2S. The Morgan fingerprint density at radius 1 is 1.69 bits per heavy atom. The van der Waals surface area contributed by atoms with E-state index in [-0.39, 0.29) is 10.7 Å². The second-order valence-corrected chi connectivity index (χ2v) is 6.41. The van der Waals surface area contributed by atoms with Crippen molar-refractivity contribution in [2.75, 3.05) is 5.75 Å². The maximum atomic E-state index is 11.1. The van der Waals surface area contributed by atoms with Crippen LogP contribution in [-0.2, 0) is 7.05 Å². The highest BCUT2D eigenvalue weighted by Gasteiger charge is 2.40. The Morgan fingerprint density at radius 3 is 2.88 bits per heavy atom. The third kappa shape index (κ3) is 1.73. The van der Waals surface area contributed by atoms with Crippen LogP contribution in [0.3, 0.4) is 0 Å². The molecule has 4 nitrogen and oxygen atoms in total. The maximum absolute atomic E-state index is 11.1. The molecule has 1 fully saturated rings. The van der Waals surface area contributed by atoms with E-state index in [1.165, 1.54) is 6.20 Å². The van der Waals surface area contributed by atoms with E-state index in [9.17, 15) is 4.79 Å². The van der Waals surface area contributed by atoms with Crippen LogP contribution in [0, 0.1) is 0 Å². The number of aryl methyl sites for hydroxylation is 1. The zero-order chi connectivity index (χ0) is 11.9. The molecule has 0 radical (unpaired) electrons. The molecule has 0 aliphatic carbocycles. The number of aromatic carboxylic acids is 1. The van der Waals surface area contributed by atoms with Crippen molar-refractivity contribution in [2.24, 2.45) is 7.05 Å². The first kappa shape index (κ1) is 11.5. The summed E-state index contributed by atoms with van der Waals surface area (Å²) in [6.07, 6.45) is 2.48. The molecule has 0 bridgehead atoms. The molecule has 1 saturated heterocycles. The lowest BCUT2D eigenvalue weighted by Gasteiger charge is -2.26. The molecule has 1 unspecified atom stereocenters. The summed E-state index contributed by atoms with van der Waals surface area (Å²) in [5.41, 5.74) is 1.21. The lowest BCUT2D eigenvalue weighted by molar-refractivity contribution is 0.0694. The Morgan fingerprint density at radius 2 is 2.38 bits per heavy atom. The number of hydrogen-bond donors (Lipinski definition) is 1. The fourth-order valence-electron chi connectivity index (χ4n) is 2.38. The summed E-state index contributed by atoms with van der Waals surface area (Å²) in [4.78, 5) is 11.1. The molecule has 0 spiro atoms. The van der Waals surface area contributed by atoms with Crippen LogP contribution < -0.4 is 0 Å². The van der Waals surface area contributed by atoms with E-state index in [4.69, 9.17) is 5.11 Å². The van der Waals surface area contributed by atoms with E-state index >= 15 is 0 Å². The quantitative estimate of drug-likeness (QED) is 0.860. The smallest absolute Gasteiger partial charge is 0.339 e. The van der Waals surface area contributed by atoms with Gasteiger partial charge in [-0.3, -0.25) is 4.68 Å². The van der Waals surface area contributed by atoms with E-state index < -0.39 is 5.97 Å². The monoisotopic (exact) mass is 240 g/mol. The largest absolute Gasteiger partial charge is 0.478 e. The normalized spacial score (nSPS) is 23.6. The average Bonchev–Trinajstić information content (AvgIpc) is 2.68. The lowest BCUT2D eigenvalue weighted by Crippen LogP contribution is -2.24. The number of rotatable bonds is 2. The van der Waals surface area contributed by atoms with Gasteiger partial charge in [0, 0.05) is 17.7 Å². The minimum atomic E-state index is -0.879. The van der Waals surface area contributed by atoms with Crippen LogP contribution in [-0.4, -0.2) is 31.4 Å². The summed E-state index contributed by atoms with van der Waals surface area (Å²) in [6, 6.07) is 0. The number of nitrogens with zero attached hydrogens (tertiary/aromatic N) is 2. The van der Waals surface area contributed by atoms with Crippen LogP contribution in [0.2, 0.25) is 0 Å². The lowest BCUT2D eigenvalue weighted by atomic mass is 9.87. The van der Waals surface area contributed by atoms with Crippen LogP contribution in [0.15, 0.2) is 6.20 Å². The Bertz CT molecular complexity index is 426. The van der Waals surface area contributed by atoms with Crippen molar-refractivity contribution in [3.8, 4) is 0 Å². The Kier molecular flexibility index (Phi) is 2.74. The molecule has 2 heterocycles. The van der Waals surface area contributed by atoms with Crippen LogP contribution >= 0.6 is 11.8 Å². The topological polar surface area (TPSA) is 55.1 Å². The molecule has 1 aromatic heterocycles. The molecule has 16 heavy (non-hydrogen) atoms. The van der Waals surface area contributed by atoms with Crippen LogP contribution in [0.25, 0.3) is 0 Å². The van der Waals surface area contributed by atoms with Crippen LogP contribution in [0.5, 0.6) is 0 Å². The van der Waals surface area contributed by atoms with Gasteiger partial charge in [-0.2, -0.15) is 16.9 Å². The first-order valence-electron chi connectivity index (χ1n) is 5.32. The van der Waals surface area contributed by atoms with Gasteiger partial charge in [0.1, 0.15) is 5.56 Å². The summed E-state index contributed by atoms with van der Waals surface area (Å²) in [5, 5.41) is 13.2. The first-order chi connectivity index (χ1) is 7.43. The van der Waals surface area contributed by atoms with Crippen LogP contribution in [0.1, 0.15) is 42.2 Å². The Balaban J connectivity index is 2.47. The molecule has 1 atom stereocenters. The summed E-state index contributed by atoms with van der Waals surface area (Å²) in [5.74, 6) is 0.481. The molecule has 5 heteroatoms. The SMILES string of the molecule is Cn1ncc(C(=O)O)c1C1CCSC1(C)C. The minimum absolute atomic E-state index is 0.0952. The highest BCUT2D eigenvalue weighted by Crippen LogP contribution is 2.48. The third-order valence-electron chi connectivity index (χ3n) is 3.26. The Labute approximate surface area is 99.0 Å². The Hall–Kier alpha value is -0.970. The molecule has 1 aromatic rings. The van der Waals surface area contributed by atoms with Gasteiger partial charge in [0.25, 0.3) is 0 Å². The fraction of sp³-hybridized carbons (Fsp3) is 0.636. The number of carboxylic acid groups (broad SMARTS) is 1. The molecule has 88 valence electrons. The second-order valence-electron chi connectivity index (χ2n) is 4.67. The zero-order valence-corrected chi connectivity index (χ0v) is 10.5. The van der Waals surface area contributed by atoms with E-state index in [2.05, 4.69) is 18.9 Å². The number of thioether (sulfide) groups is 1. The summed E-state index contributed by atoms with van der Waals surface area (Å²) in [7, 11) is 1.82. The van der Waals surface area contributed by atoms with E-state index in [0.29, 0.717) is 5.56 Å². The molecule has 2 rings (SSSR count). The van der Waals surface area contributed by atoms with Gasteiger partial charge in [-0.1, -0.05) is 13.8 Å². The minimum Gasteiger partial charge on any atom is -0.478 e. The van der Waals surface area contributed by atoms with Gasteiger partial charge in [0.15, 0.2) is 0 Å². The predicted molar refractivity (Wildman–Crippen MR) is 64.1 cm³/mol. The predicted octanol–water partition coefficient (Wildman–Crippen LogP) is 2.12. The maximum Gasteiger partial charge on any atom is 0.339 e. The molecule has 1 aliphatic heterocycles. The van der Waals surface area contributed by atoms with Crippen molar-refractivity contribution in [3.05, 3.63) is 17.5 Å². The van der Waals surface area contributed by atoms with Gasteiger partial charge in [-0.25, -0.2) is 4.79 Å². The number of hydrogen-bond acceptors (Lipinski definition) is 3. The van der Waals surface area contributed by atoms with Gasteiger partial charge in [-0.05, 0) is 12.2 Å². The van der Waals surface area contributed by atoms with Crippen molar-refractivity contribution < 1.29 is 9.90 Å². The van der Waals surface area contributed by atoms with Crippen LogP contribution in [0.4, 0.5) is 0 Å². The van der Waals surface area contributed by atoms with Gasteiger partial charge in [0.05, 0.1) is 11.9 Å². The molecule has 0 amide bonds. The van der Waals surface area contributed by atoms with Gasteiger partial charge < -0.3 is 5.11 Å². The van der Waals surface area contributed by atoms with Crippen molar-refractivity contribution in [2.45, 2.75) is 30.9 Å². The van der Waals surface area contributed by atoms with Crippen molar-refractivity contribution in [3.63, 3.8) is 0 Å². The summed E-state index contributed by atoms with van der Waals surface area (Å²) < 4.78 is 1.81. The molecule has 0 aromatic carbocycles. The molecular weight excluding hydrogens is 224 g/mol. The van der Waals surface area contributed by atoms with E-state index in [1.54, 1.807) is 4.68 Å². The third-order valence-corrected chi connectivity index (χ3v) is 4.73. The van der Waals surface area contributed by atoms with Crippen molar-refractivity contribution in [1.29, 1.82) is 0 Å². The van der Waals surface area contributed by atoms with Crippen molar-refractivity contribution in [1.82, 2.24) is 9.78 Å². The standard InChI is InChI=1S/C11H16N2O2S/c1-11(2)8(4-5-16-11)9-7(10(14)15)6-12-13(9)3/h6,8H,4-5H2,1-3H3,(H,14,15). The molecule has 1 aliphatic rings. The first-order valence-corrected chi connectivity index (χ1v) is 6.31. The van der Waals surface area contributed by atoms with Crippen molar-refractivity contribution >= 4 is 17.7 Å². The van der Waals surface area contributed by atoms with E-state index in [1.807, 2.05) is 18.8 Å². The highest BCUT2D eigenvalue weighted by molar-refractivity contribution is 8.00. The number of carbonyl (C=O) groups is 1. The summed E-state index contributed by atoms with van der Waals surface area (Å²) >= 11 is 1.90. The van der Waals surface area contributed by atoms with E-state index in [0.717, 1.165) is 17.9 Å². The van der Waals surface area contributed by atoms with Gasteiger partial charge >= 0.3 is 5.97 Å². The number of carboxylic acids is 1. The summed E-state index contributed by atoms with van der Waals surface area (Å²) in [6.45, 7) is 4.35. The zero-order valence-electron chi connectivity index (χ0n) is 9.73. The average molecular weight is 240 g/mol.